The first-order valence-electron chi connectivity index (χ1n) is 7.42. The molecule has 2 aliphatic heterocycles. The summed E-state index contributed by atoms with van der Waals surface area (Å²) in [5, 5.41) is 12.8. The number of hydrogen-bond donors (Lipinski definition) is 2. The molecule has 2 atom stereocenters. The molecule has 2 N–H and O–H groups in total. The Bertz CT molecular complexity index is 204. The van der Waals surface area contributed by atoms with E-state index in [1.165, 1.54) is 51.7 Å². The van der Waals surface area contributed by atoms with Crippen molar-refractivity contribution in [2.24, 2.45) is 11.8 Å². The summed E-state index contributed by atoms with van der Waals surface area (Å²) in [6, 6.07) is 0. The van der Waals surface area contributed by atoms with Gasteiger partial charge in [0.25, 0.3) is 0 Å². The molecule has 0 aromatic carbocycles. The van der Waals surface area contributed by atoms with Crippen LogP contribution in [0.3, 0.4) is 0 Å². The van der Waals surface area contributed by atoms with E-state index in [2.05, 4.69) is 10.2 Å². The van der Waals surface area contributed by atoms with Crippen LogP contribution in [-0.4, -0.2) is 49.3 Å². The highest BCUT2D eigenvalue weighted by Gasteiger charge is 2.20. The highest BCUT2D eigenvalue weighted by Crippen LogP contribution is 2.21. The van der Waals surface area contributed by atoms with Gasteiger partial charge in [-0.3, -0.25) is 0 Å². The average Bonchev–Trinajstić information content (AvgIpc) is 2.62. The molecule has 0 bridgehead atoms. The van der Waals surface area contributed by atoms with Gasteiger partial charge in [-0.05, 0) is 76.7 Å². The second-order valence-corrected chi connectivity index (χ2v) is 5.83. The van der Waals surface area contributed by atoms with Gasteiger partial charge in [0.1, 0.15) is 0 Å². The van der Waals surface area contributed by atoms with Crippen molar-refractivity contribution in [2.45, 2.75) is 38.5 Å². The predicted molar refractivity (Wildman–Crippen MR) is 71.1 cm³/mol. The van der Waals surface area contributed by atoms with E-state index in [1.54, 1.807) is 0 Å². The minimum atomic E-state index is 0.377. The molecule has 2 aliphatic rings. The molecule has 0 saturated carbocycles. The molecular formula is C14H28N2O. The standard InChI is InChI=1S/C14H28N2O/c17-12-14-4-6-15-11-13(10-14)5-9-16-7-2-1-3-8-16/h13-15,17H,1-12H2. The minimum Gasteiger partial charge on any atom is -0.396 e. The Morgan fingerprint density at radius 1 is 1.12 bits per heavy atom. The zero-order valence-electron chi connectivity index (χ0n) is 11.0. The van der Waals surface area contributed by atoms with E-state index < -0.39 is 0 Å². The molecule has 0 aliphatic carbocycles. The van der Waals surface area contributed by atoms with E-state index >= 15 is 0 Å². The van der Waals surface area contributed by atoms with Crippen molar-refractivity contribution in [2.75, 3.05) is 39.3 Å². The first-order valence-corrected chi connectivity index (χ1v) is 7.42. The van der Waals surface area contributed by atoms with Crippen LogP contribution in [0.25, 0.3) is 0 Å². The molecule has 0 spiro atoms. The lowest BCUT2D eigenvalue weighted by atomic mass is 9.91. The Balaban J connectivity index is 1.69. The summed E-state index contributed by atoms with van der Waals surface area (Å²) >= 11 is 0. The summed E-state index contributed by atoms with van der Waals surface area (Å²) < 4.78 is 0. The van der Waals surface area contributed by atoms with Crippen LogP contribution in [0.1, 0.15) is 38.5 Å². The number of hydrogen-bond acceptors (Lipinski definition) is 3. The molecule has 2 unspecified atom stereocenters. The summed E-state index contributed by atoms with van der Waals surface area (Å²) in [5.41, 5.74) is 0. The van der Waals surface area contributed by atoms with Crippen LogP contribution in [-0.2, 0) is 0 Å². The quantitative estimate of drug-likeness (QED) is 0.781. The Hall–Kier alpha value is -0.120. The summed E-state index contributed by atoms with van der Waals surface area (Å²) in [4.78, 5) is 2.63. The Morgan fingerprint density at radius 3 is 2.71 bits per heavy atom. The summed E-state index contributed by atoms with van der Waals surface area (Å²) in [7, 11) is 0. The maximum atomic E-state index is 9.31. The third kappa shape index (κ3) is 4.57. The largest absolute Gasteiger partial charge is 0.396 e. The first-order chi connectivity index (χ1) is 8.38. The summed E-state index contributed by atoms with van der Waals surface area (Å²) in [6.07, 6.45) is 7.88. The fraction of sp³-hybridized carbons (Fsp3) is 1.00. The maximum absolute atomic E-state index is 9.31. The van der Waals surface area contributed by atoms with Crippen molar-refractivity contribution in [3.05, 3.63) is 0 Å². The highest BCUT2D eigenvalue weighted by atomic mass is 16.3. The van der Waals surface area contributed by atoms with Crippen molar-refractivity contribution in [3.63, 3.8) is 0 Å². The van der Waals surface area contributed by atoms with Gasteiger partial charge in [0, 0.05) is 6.61 Å². The van der Waals surface area contributed by atoms with Crippen molar-refractivity contribution >= 4 is 0 Å². The SMILES string of the molecule is OCC1CCNCC(CCN2CCCCC2)C1. The topological polar surface area (TPSA) is 35.5 Å². The van der Waals surface area contributed by atoms with Crippen molar-refractivity contribution in [1.29, 1.82) is 0 Å². The fourth-order valence-corrected chi connectivity index (χ4v) is 3.22. The Kier molecular flexibility index (Phi) is 5.75. The van der Waals surface area contributed by atoms with E-state index in [-0.39, 0.29) is 0 Å². The number of likely N-dealkylation sites (tertiary alicyclic amines) is 1. The lowest BCUT2D eigenvalue weighted by molar-refractivity contribution is 0.183. The monoisotopic (exact) mass is 240 g/mol. The van der Waals surface area contributed by atoms with Gasteiger partial charge in [-0.1, -0.05) is 6.42 Å². The number of aliphatic hydroxyl groups is 1. The van der Waals surface area contributed by atoms with Gasteiger partial charge in [-0.25, -0.2) is 0 Å². The van der Waals surface area contributed by atoms with Crippen LogP contribution < -0.4 is 5.32 Å². The van der Waals surface area contributed by atoms with Gasteiger partial charge in [0.05, 0.1) is 0 Å². The Morgan fingerprint density at radius 2 is 1.94 bits per heavy atom. The molecule has 0 amide bonds. The number of rotatable bonds is 4. The van der Waals surface area contributed by atoms with Crippen molar-refractivity contribution in [3.8, 4) is 0 Å². The molecular weight excluding hydrogens is 212 g/mol. The minimum absolute atomic E-state index is 0.377. The van der Waals surface area contributed by atoms with E-state index in [4.69, 9.17) is 0 Å². The highest BCUT2D eigenvalue weighted by molar-refractivity contribution is 4.75. The number of piperidine rings is 1. The van der Waals surface area contributed by atoms with E-state index in [0.717, 1.165) is 25.4 Å². The third-order valence-corrected chi connectivity index (χ3v) is 4.39. The second kappa shape index (κ2) is 7.34. The summed E-state index contributed by atoms with van der Waals surface area (Å²) in [6.45, 7) is 6.51. The maximum Gasteiger partial charge on any atom is 0.0459 e. The second-order valence-electron chi connectivity index (χ2n) is 5.83. The van der Waals surface area contributed by atoms with Crippen LogP contribution in [0.4, 0.5) is 0 Å². The normalized spacial score (nSPS) is 32.3. The number of nitrogens with one attached hydrogen (secondary N) is 1. The average molecular weight is 240 g/mol. The molecule has 2 rings (SSSR count). The van der Waals surface area contributed by atoms with Crippen LogP contribution in [0.15, 0.2) is 0 Å². The lowest BCUT2D eigenvalue weighted by Crippen LogP contribution is -2.33. The van der Waals surface area contributed by atoms with Crippen LogP contribution in [0.2, 0.25) is 0 Å². The first kappa shape index (κ1) is 13.3. The molecule has 0 aromatic rings. The molecule has 100 valence electrons. The number of aliphatic hydroxyl groups excluding tert-OH is 1. The van der Waals surface area contributed by atoms with Gasteiger partial charge in [0.2, 0.25) is 0 Å². The van der Waals surface area contributed by atoms with Crippen molar-refractivity contribution < 1.29 is 5.11 Å². The Labute approximate surface area is 106 Å². The number of nitrogens with zero attached hydrogens (tertiary/aromatic N) is 1. The summed E-state index contributed by atoms with van der Waals surface area (Å²) in [5.74, 6) is 1.31. The molecule has 3 nitrogen and oxygen atoms in total. The van der Waals surface area contributed by atoms with E-state index in [1.807, 2.05) is 0 Å². The molecule has 2 saturated heterocycles. The van der Waals surface area contributed by atoms with Gasteiger partial charge < -0.3 is 15.3 Å². The lowest BCUT2D eigenvalue weighted by Gasteiger charge is -2.28. The molecule has 0 radical (unpaired) electrons. The zero-order valence-corrected chi connectivity index (χ0v) is 11.0. The molecule has 2 fully saturated rings. The van der Waals surface area contributed by atoms with Crippen LogP contribution in [0, 0.1) is 11.8 Å². The van der Waals surface area contributed by atoms with Gasteiger partial charge in [-0.15, -0.1) is 0 Å². The third-order valence-electron chi connectivity index (χ3n) is 4.39. The molecule has 3 heteroatoms. The van der Waals surface area contributed by atoms with E-state index in [9.17, 15) is 5.11 Å². The van der Waals surface area contributed by atoms with Gasteiger partial charge >= 0.3 is 0 Å². The smallest absolute Gasteiger partial charge is 0.0459 e. The van der Waals surface area contributed by atoms with Crippen LogP contribution in [0.5, 0.6) is 0 Å². The molecule has 2 heterocycles. The van der Waals surface area contributed by atoms with Gasteiger partial charge in [0.15, 0.2) is 0 Å². The van der Waals surface area contributed by atoms with Crippen LogP contribution >= 0.6 is 0 Å². The zero-order chi connectivity index (χ0) is 11.9. The van der Waals surface area contributed by atoms with Gasteiger partial charge in [-0.2, -0.15) is 0 Å². The molecule has 0 aromatic heterocycles. The molecule has 17 heavy (non-hydrogen) atoms. The predicted octanol–water partition coefficient (Wildman–Crippen LogP) is 1.47. The fourth-order valence-electron chi connectivity index (χ4n) is 3.22. The van der Waals surface area contributed by atoms with E-state index in [0.29, 0.717) is 12.5 Å². The van der Waals surface area contributed by atoms with Crippen molar-refractivity contribution in [1.82, 2.24) is 10.2 Å².